The number of nitrogens with one attached hydrogen (secondary N) is 2. The van der Waals surface area contributed by atoms with Gasteiger partial charge in [0.2, 0.25) is 0 Å². The summed E-state index contributed by atoms with van der Waals surface area (Å²) in [5, 5.41) is 5.79. The molecule has 1 saturated heterocycles. The Balaban J connectivity index is 1.56. The van der Waals surface area contributed by atoms with E-state index in [1.54, 1.807) is 0 Å². The van der Waals surface area contributed by atoms with E-state index in [9.17, 15) is 4.79 Å². The molecule has 126 valence electrons. The first kappa shape index (κ1) is 16.3. The van der Waals surface area contributed by atoms with Gasteiger partial charge in [-0.1, -0.05) is 30.3 Å². The molecule has 2 amide bonds. The van der Waals surface area contributed by atoms with Crippen LogP contribution in [0.25, 0.3) is 0 Å². The molecule has 5 heteroatoms. The summed E-state index contributed by atoms with van der Waals surface area (Å²) in [5.74, 6) is 0. The number of anilines is 2. The zero-order valence-electron chi connectivity index (χ0n) is 13.9. The lowest BCUT2D eigenvalue weighted by atomic mass is 10.1. The van der Waals surface area contributed by atoms with Crippen LogP contribution < -0.4 is 15.5 Å². The van der Waals surface area contributed by atoms with Gasteiger partial charge in [-0.2, -0.15) is 0 Å². The highest BCUT2D eigenvalue weighted by Gasteiger charge is 2.13. The van der Waals surface area contributed by atoms with Gasteiger partial charge in [-0.15, -0.1) is 0 Å². The third kappa shape index (κ3) is 4.26. The van der Waals surface area contributed by atoms with Crippen LogP contribution in [0.4, 0.5) is 16.2 Å². The molecular weight excluding hydrogens is 302 g/mol. The van der Waals surface area contributed by atoms with E-state index in [1.165, 1.54) is 5.69 Å². The Morgan fingerprint density at radius 2 is 1.71 bits per heavy atom. The second-order valence-corrected chi connectivity index (χ2v) is 5.88. The van der Waals surface area contributed by atoms with Gasteiger partial charge in [-0.05, 0) is 36.8 Å². The standard InChI is InChI=1S/C19H23N3O2/c1-15(20-19(23)21-17-5-3-2-4-6-17)16-7-9-18(10-8-16)22-11-13-24-14-12-22/h2-10,15H,11-14H2,1H3,(H2,20,21,23)/t15-/m0/s1. The van der Waals surface area contributed by atoms with E-state index in [2.05, 4.69) is 39.8 Å². The van der Waals surface area contributed by atoms with Crippen LogP contribution in [0.3, 0.4) is 0 Å². The Hall–Kier alpha value is -2.53. The summed E-state index contributed by atoms with van der Waals surface area (Å²) in [6.45, 7) is 5.38. The monoisotopic (exact) mass is 325 g/mol. The summed E-state index contributed by atoms with van der Waals surface area (Å²) in [4.78, 5) is 14.4. The Morgan fingerprint density at radius 1 is 1.04 bits per heavy atom. The number of ether oxygens (including phenoxy) is 1. The highest BCUT2D eigenvalue weighted by Crippen LogP contribution is 2.20. The average Bonchev–Trinajstić information content (AvgIpc) is 2.63. The van der Waals surface area contributed by atoms with E-state index < -0.39 is 0 Å². The number of carbonyl (C=O) groups is 1. The van der Waals surface area contributed by atoms with Gasteiger partial charge in [0.15, 0.2) is 0 Å². The lowest BCUT2D eigenvalue weighted by Crippen LogP contribution is -2.36. The zero-order valence-corrected chi connectivity index (χ0v) is 13.9. The van der Waals surface area contributed by atoms with Gasteiger partial charge < -0.3 is 20.3 Å². The van der Waals surface area contributed by atoms with Crippen LogP contribution in [0, 0.1) is 0 Å². The van der Waals surface area contributed by atoms with Crippen molar-refractivity contribution in [2.75, 3.05) is 36.5 Å². The summed E-state index contributed by atoms with van der Waals surface area (Å²) >= 11 is 0. The predicted octanol–water partition coefficient (Wildman–Crippen LogP) is 3.41. The molecule has 24 heavy (non-hydrogen) atoms. The number of nitrogens with zero attached hydrogens (tertiary/aromatic N) is 1. The number of morpholine rings is 1. The van der Waals surface area contributed by atoms with Gasteiger partial charge in [0.25, 0.3) is 0 Å². The minimum atomic E-state index is -0.203. The van der Waals surface area contributed by atoms with Crippen LogP contribution in [0.15, 0.2) is 54.6 Å². The fourth-order valence-electron chi connectivity index (χ4n) is 2.76. The van der Waals surface area contributed by atoms with Gasteiger partial charge in [0.1, 0.15) is 0 Å². The minimum Gasteiger partial charge on any atom is -0.378 e. The van der Waals surface area contributed by atoms with Crippen molar-refractivity contribution in [3.63, 3.8) is 0 Å². The maximum absolute atomic E-state index is 12.1. The molecule has 3 rings (SSSR count). The molecule has 0 radical (unpaired) electrons. The van der Waals surface area contributed by atoms with Crippen molar-refractivity contribution in [2.45, 2.75) is 13.0 Å². The number of rotatable bonds is 4. The van der Waals surface area contributed by atoms with Crippen LogP contribution >= 0.6 is 0 Å². The maximum Gasteiger partial charge on any atom is 0.319 e. The number of amides is 2. The van der Waals surface area contributed by atoms with E-state index in [0.717, 1.165) is 37.6 Å². The Kier molecular flexibility index (Phi) is 5.33. The smallest absolute Gasteiger partial charge is 0.319 e. The Bertz CT molecular complexity index is 652. The van der Waals surface area contributed by atoms with Gasteiger partial charge >= 0.3 is 6.03 Å². The fraction of sp³-hybridized carbons (Fsp3) is 0.316. The van der Waals surface area contributed by atoms with E-state index >= 15 is 0 Å². The Labute approximate surface area is 142 Å². The minimum absolute atomic E-state index is 0.0625. The van der Waals surface area contributed by atoms with Crippen molar-refractivity contribution in [3.05, 3.63) is 60.2 Å². The number of hydrogen-bond donors (Lipinski definition) is 2. The number of hydrogen-bond acceptors (Lipinski definition) is 3. The van der Waals surface area contributed by atoms with Crippen molar-refractivity contribution >= 4 is 17.4 Å². The molecule has 1 aliphatic rings. The van der Waals surface area contributed by atoms with Crippen LogP contribution in [-0.2, 0) is 4.74 Å². The largest absolute Gasteiger partial charge is 0.378 e. The molecule has 2 aromatic rings. The lowest BCUT2D eigenvalue weighted by molar-refractivity contribution is 0.122. The summed E-state index contributed by atoms with van der Waals surface area (Å²) in [5.41, 5.74) is 3.06. The first-order valence-corrected chi connectivity index (χ1v) is 8.27. The molecule has 5 nitrogen and oxygen atoms in total. The lowest BCUT2D eigenvalue weighted by Gasteiger charge is -2.29. The van der Waals surface area contributed by atoms with Crippen LogP contribution in [0.5, 0.6) is 0 Å². The molecule has 0 aromatic heterocycles. The SMILES string of the molecule is C[C@H](NC(=O)Nc1ccccc1)c1ccc(N2CCOCC2)cc1. The zero-order chi connectivity index (χ0) is 16.8. The number of carbonyl (C=O) groups excluding carboxylic acids is 1. The molecule has 1 atom stereocenters. The van der Waals surface area contributed by atoms with Gasteiger partial charge in [0.05, 0.1) is 19.3 Å². The molecule has 0 spiro atoms. The fourth-order valence-corrected chi connectivity index (χ4v) is 2.76. The van der Waals surface area contributed by atoms with E-state index in [-0.39, 0.29) is 12.1 Å². The van der Waals surface area contributed by atoms with Crippen LogP contribution in [0.2, 0.25) is 0 Å². The van der Waals surface area contributed by atoms with E-state index in [1.807, 2.05) is 37.3 Å². The van der Waals surface area contributed by atoms with Crippen LogP contribution in [0.1, 0.15) is 18.5 Å². The molecule has 2 aromatic carbocycles. The third-order valence-electron chi connectivity index (χ3n) is 4.15. The highest BCUT2D eigenvalue weighted by molar-refractivity contribution is 5.89. The van der Waals surface area contributed by atoms with Gasteiger partial charge in [-0.3, -0.25) is 0 Å². The van der Waals surface area contributed by atoms with Crippen LogP contribution in [-0.4, -0.2) is 32.3 Å². The van der Waals surface area contributed by atoms with Gasteiger partial charge in [0, 0.05) is 24.5 Å². The molecule has 1 heterocycles. The third-order valence-corrected chi connectivity index (χ3v) is 4.15. The summed E-state index contributed by atoms with van der Waals surface area (Å²) in [6.07, 6.45) is 0. The molecule has 0 saturated carbocycles. The second kappa shape index (κ2) is 7.84. The molecule has 0 unspecified atom stereocenters. The normalized spacial score (nSPS) is 15.6. The van der Waals surface area contributed by atoms with Crippen molar-refractivity contribution in [3.8, 4) is 0 Å². The molecule has 0 aliphatic carbocycles. The number of para-hydroxylation sites is 1. The second-order valence-electron chi connectivity index (χ2n) is 5.88. The van der Waals surface area contributed by atoms with Crippen molar-refractivity contribution in [1.29, 1.82) is 0 Å². The molecule has 2 N–H and O–H groups in total. The number of benzene rings is 2. The molecular formula is C19H23N3O2. The molecule has 0 bridgehead atoms. The molecule has 1 fully saturated rings. The predicted molar refractivity (Wildman–Crippen MR) is 96.5 cm³/mol. The number of urea groups is 1. The van der Waals surface area contributed by atoms with Crippen molar-refractivity contribution in [1.82, 2.24) is 5.32 Å². The summed E-state index contributed by atoms with van der Waals surface area (Å²) in [7, 11) is 0. The van der Waals surface area contributed by atoms with E-state index in [4.69, 9.17) is 4.74 Å². The molecule has 1 aliphatic heterocycles. The Morgan fingerprint density at radius 3 is 2.38 bits per heavy atom. The van der Waals surface area contributed by atoms with E-state index in [0.29, 0.717) is 0 Å². The maximum atomic E-state index is 12.1. The highest BCUT2D eigenvalue weighted by atomic mass is 16.5. The average molecular weight is 325 g/mol. The summed E-state index contributed by atoms with van der Waals surface area (Å²) < 4.78 is 5.38. The topological polar surface area (TPSA) is 53.6 Å². The first-order chi connectivity index (χ1) is 11.7. The first-order valence-electron chi connectivity index (χ1n) is 8.27. The quantitative estimate of drug-likeness (QED) is 0.906. The van der Waals surface area contributed by atoms with Crippen molar-refractivity contribution in [2.24, 2.45) is 0 Å². The summed E-state index contributed by atoms with van der Waals surface area (Å²) in [6, 6.07) is 17.5. The van der Waals surface area contributed by atoms with Crippen molar-refractivity contribution < 1.29 is 9.53 Å². The van der Waals surface area contributed by atoms with Gasteiger partial charge in [-0.25, -0.2) is 4.79 Å².